The molecule has 0 radical (unpaired) electrons. The fraction of sp³-hybridized carbons (Fsp3) is 0.727. The van der Waals surface area contributed by atoms with Gasteiger partial charge in [-0.2, -0.15) is 0 Å². The lowest BCUT2D eigenvalue weighted by Crippen LogP contribution is -2.61. The van der Waals surface area contributed by atoms with E-state index in [1.54, 1.807) is 7.11 Å². The fourth-order valence-corrected chi connectivity index (χ4v) is 5.28. The van der Waals surface area contributed by atoms with Crippen LogP contribution < -0.4 is 9.64 Å². The SMILES string of the molecule is COc1ccc(N2CCC(O)(CN3C[C@H]4CCCN4C[C@H]3CCO)CC2)cc1. The molecule has 4 rings (SSSR count). The van der Waals surface area contributed by atoms with Crippen molar-refractivity contribution >= 4 is 5.69 Å². The number of anilines is 1. The molecule has 156 valence electrons. The molecule has 2 atom stereocenters. The average molecular weight is 390 g/mol. The van der Waals surface area contributed by atoms with Crippen LogP contribution in [0, 0.1) is 0 Å². The standard InChI is InChI=1S/C22H35N3O3/c1-28-21-6-4-18(5-7-21)23-12-9-22(27,10-13-23)17-25-16-19-3-2-11-24(19)15-20(25)8-14-26/h4-7,19-20,26-27H,2-3,8-17H2,1H3/t19-,20-/m1/s1. The third kappa shape index (κ3) is 4.30. The molecule has 3 fully saturated rings. The number of fused-ring (bicyclic) bond motifs is 1. The Hall–Kier alpha value is -1.34. The fourth-order valence-electron chi connectivity index (χ4n) is 5.28. The molecule has 1 aromatic rings. The maximum absolute atomic E-state index is 11.3. The van der Waals surface area contributed by atoms with Gasteiger partial charge in [0.25, 0.3) is 0 Å². The zero-order valence-electron chi connectivity index (χ0n) is 17.1. The molecule has 1 aromatic carbocycles. The number of methoxy groups -OCH3 is 1. The second-order valence-electron chi connectivity index (χ2n) is 8.80. The summed E-state index contributed by atoms with van der Waals surface area (Å²) >= 11 is 0. The van der Waals surface area contributed by atoms with E-state index in [1.807, 2.05) is 12.1 Å². The van der Waals surface area contributed by atoms with Crippen LogP contribution in [0.2, 0.25) is 0 Å². The van der Waals surface area contributed by atoms with Crippen molar-refractivity contribution in [3.05, 3.63) is 24.3 Å². The number of ether oxygens (including phenoxy) is 1. The molecule has 0 unspecified atom stereocenters. The first-order valence-electron chi connectivity index (χ1n) is 10.8. The number of hydrogen-bond donors (Lipinski definition) is 2. The Morgan fingerprint density at radius 1 is 1.11 bits per heavy atom. The molecule has 3 aliphatic rings. The number of hydrogen-bond acceptors (Lipinski definition) is 6. The predicted octanol–water partition coefficient (Wildman–Crippen LogP) is 1.56. The van der Waals surface area contributed by atoms with E-state index in [-0.39, 0.29) is 6.61 Å². The van der Waals surface area contributed by atoms with Crippen molar-refractivity contribution in [1.29, 1.82) is 0 Å². The van der Waals surface area contributed by atoms with Crippen molar-refractivity contribution in [2.24, 2.45) is 0 Å². The summed E-state index contributed by atoms with van der Waals surface area (Å²) in [7, 11) is 1.69. The molecule has 2 N–H and O–H groups in total. The van der Waals surface area contributed by atoms with Gasteiger partial charge in [0.1, 0.15) is 5.75 Å². The van der Waals surface area contributed by atoms with Crippen LogP contribution in [0.3, 0.4) is 0 Å². The summed E-state index contributed by atoms with van der Waals surface area (Å²) in [5.41, 5.74) is 0.567. The molecule has 0 aliphatic carbocycles. The lowest BCUT2D eigenvalue weighted by atomic mass is 9.89. The van der Waals surface area contributed by atoms with Crippen LogP contribution in [0.1, 0.15) is 32.1 Å². The van der Waals surface area contributed by atoms with Gasteiger partial charge in [-0.25, -0.2) is 0 Å². The van der Waals surface area contributed by atoms with E-state index in [1.165, 1.54) is 25.1 Å². The summed E-state index contributed by atoms with van der Waals surface area (Å²) in [6.45, 7) is 5.98. The quantitative estimate of drug-likeness (QED) is 0.770. The van der Waals surface area contributed by atoms with Gasteiger partial charge in [-0.15, -0.1) is 0 Å². The molecule has 28 heavy (non-hydrogen) atoms. The van der Waals surface area contributed by atoms with Crippen LogP contribution >= 0.6 is 0 Å². The zero-order chi connectivity index (χ0) is 19.6. The number of rotatable bonds is 6. The van der Waals surface area contributed by atoms with Gasteiger partial charge in [0.15, 0.2) is 0 Å². The van der Waals surface area contributed by atoms with E-state index in [2.05, 4.69) is 26.8 Å². The Morgan fingerprint density at radius 3 is 2.54 bits per heavy atom. The molecule has 0 spiro atoms. The van der Waals surface area contributed by atoms with E-state index in [0.29, 0.717) is 12.1 Å². The van der Waals surface area contributed by atoms with Gasteiger partial charge in [-0.05, 0) is 62.9 Å². The third-order valence-electron chi connectivity index (χ3n) is 7.00. The Bertz CT molecular complexity index is 630. The number of benzene rings is 1. The summed E-state index contributed by atoms with van der Waals surface area (Å²) in [4.78, 5) is 7.42. The summed E-state index contributed by atoms with van der Waals surface area (Å²) < 4.78 is 5.25. The topological polar surface area (TPSA) is 59.4 Å². The van der Waals surface area contributed by atoms with Gasteiger partial charge in [-0.1, -0.05) is 0 Å². The first kappa shape index (κ1) is 20.0. The van der Waals surface area contributed by atoms with Crippen molar-refractivity contribution in [2.45, 2.75) is 49.8 Å². The van der Waals surface area contributed by atoms with Crippen molar-refractivity contribution in [3.8, 4) is 5.75 Å². The van der Waals surface area contributed by atoms with E-state index < -0.39 is 5.60 Å². The highest BCUT2D eigenvalue weighted by atomic mass is 16.5. The minimum atomic E-state index is -0.628. The largest absolute Gasteiger partial charge is 0.497 e. The molecule has 3 heterocycles. The zero-order valence-corrected chi connectivity index (χ0v) is 17.1. The molecule has 0 saturated carbocycles. The first-order chi connectivity index (χ1) is 13.6. The molecule has 0 bridgehead atoms. The van der Waals surface area contributed by atoms with E-state index >= 15 is 0 Å². The van der Waals surface area contributed by atoms with Crippen molar-refractivity contribution in [1.82, 2.24) is 9.80 Å². The number of β-amino-alcohol motifs (C(OH)–C–C–N with tert-alkyl or cyclic N) is 1. The molecular formula is C22H35N3O3. The highest BCUT2D eigenvalue weighted by Gasteiger charge is 2.41. The number of piperidine rings is 1. The Labute approximate surface area is 168 Å². The molecule has 3 aliphatic heterocycles. The monoisotopic (exact) mass is 389 g/mol. The normalized spacial score (nSPS) is 28.3. The minimum Gasteiger partial charge on any atom is -0.497 e. The number of piperazine rings is 1. The van der Waals surface area contributed by atoms with Crippen molar-refractivity contribution < 1.29 is 14.9 Å². The highest BCUT2D eigenvalue weighted by Crippen LogP contribution is 2.32. The van der Waals surface area contributed by atoms with Crippen LogP contribution in [0.5, 0.6) is 5.75 Å². The van der Waals surface area contributed by atoms with Crippen molar-refractivity contribution in [3.63, 3.8) is 0 Å². The number of aliphatic hydroxyl groups is 2. The Kier molecular flexibility index (Phi) is 6.11. The van der Waals surface area contributed by atoms with Crippen LogP contribution in [-0.4, -0.2) is 90.7 Å². The minimum absolute atomic E-state index is 0.226. The Morgan fingerprint density at radius 2 is 1.86 bits per heavy atom. The van der Waals surface area contributed by atoms with E-state index in [4.69, 9.17) is 4.74 Å². The maximum atomic E-state index is 11.3. The van der Waals surface area contributed by atoms with Gasteiger partial charge in [0.2, 0.25) is 0 Å². The number of aliphatic hydroxyl groups excluding tert-OH is 1. The lowest BCUT2D eigenvalue weighted by Gasteiger charge is -2.48. The van der Waals surface area contributed by atoms with Gasteiger partial charge >= 0.3 is 0 Å². The van der Waals surface area contributed by atoms with Gasteiger partial charge in [0, 0.05) is 57.1 Å². The predicted molar refractivity (Wildman–Crippen MR) is 111 cm³/mol. The summed E-state index contributed by atoms with van der Waals surface area (Å²) in [5, 5.41) is 20.9. The summed E-state index contributed by atoms with van der Waals surface area (Å²) in [6, 6.07) is 9.19. The van der Waals surface area contributed by atoms with E-state index in [9.17, 15) is 10.2 Å². The molecule has 0 amide bonds. The molecule has 0 aromatic heterocycles. The van der Waals surface area contributed by atoms with Gasteiger partial charge in [-0.3, -0.25) is 9.80 Å². The summed E-state index contributed by atoms with van der Waals surface area (Å²) in [5.74, 6) is 0.873. The smallest absolute Gasteiger partial charge is 0.119 e. The van der Waals surface area contributed by atoms with Crippen LogP contribution in [-0.2, 0) is 0 Å². The first-order valence-corrected chi connectivity index (χ1v) is 10.8. The molecule has 3 saturated heterocycles. The molecule has 6 nitrogen and oxygen atoms in total. The van der Waals surface area contributed by atoms with Crippen molar-refractivity contribution in [2.75, 3.05) is 57.9 Å². The average Bonchev–Trinajstić information content (AvgIpc) is 3.16. The van der Waals surface area contributed by atoms with Gasteiger partial charge in [0.05, 0.1) is 12.7 Å². The summed E-state index contributed by atoms with van der Waals surface area (Å²) in [6.07, 6.45) is 4.93. The van der Waals surface area contributed by atoms with Crippen LogP contribution in [0.25, 0.3) is 0 Å². The highest BCUT2D eigenvalue weighted by molar-refractivity contribution is 5.49. The van der Waals surface area contributed by atoms with E-state index in [0.717, 1.165) is 57.7 Å². The van der Waals surface area contributed by atoms with Gasteiger partial charge < -0.3 is 19.8 Å². The van der Waals surface area contributed by atoms with Crippen LogP contribution in [0.4, 0.5) is 5.69 Å². The molecular weight excluding hydrogens is 354 g/mol. The Balaban J connectivity index is 1.36. The van der Waals surface area contributed by atoms with Crippen LogP contribution in [0.15, 0.2) is 24.3 Å². The molecule has 6 heteroatoms. The second-order valence-corrected chi connectivity index (χ2v) is 8.80. The second kappa shape index (κ2) is 8.57. The lowest BCUT2D eigenvalue weighted by molar-refractivity contribution is -0.0537. The third-order valence-corrected chi connectivity index (χ3v) is 7.00. The maximum Gasteiger partial charge on any atom is 0.119 e. The number of nitrogens with zero attached hydrogens (tertiary/aromatic N) is 3.